The minimum absolute atomic E-state index is 0.220. The molecule has 104 valence electrons. The van der Waals surface area contributed by atoms with Gasteiger partial charge in [-0.1, -0.05) is 12.1 Å². The van der Waals surface area contributed by atoms with E-state index < -0.39 is 0 Å². The summed E-state index contributed by atoms with van der Waals surface area (Å²) in [6, 6.07) is 7.44. The topological polar surface area (TPSA) is 47.6 Å². The van der Waals surface area contributed by atoms with E-state index in [9.17, 15) is 4.79 Å². The van der Waals surface area contributed by atoms with Gasteiger partial charge in [0.1, 0.15) is 6.04 Å². The van der Waals surface area contributed by atoms with E-state index in [1.807, 2.05) is 24.3 Å². The normalized spacial score (nSPS) is 17.8. The fraction of sp³-hybridized carbons (Fsp3) is 0.500. The summed E-state index contributed by atoms with van der Waals surface area (Å²) in [5, 5.41) is 3.29. The Balaban J connectivity index is 2.13. The SMILES string of the molecule is COC(=O)C(Nc1ccccc1Br)C1CCOCC1. The number of hydrogen-bond acceptors (Lipinski definition) is 4. The largest absolute Gasteiger partial charge is 0.467 e. The molecule has 0 bridgehead atoms. The summed E-state index contributed by atoms with van der Waals surface area (Å²) in [7, 11) is 1.43. The van der Waals surface area contributed by atoms with Crippen LogP contribution in [0.2, 0.25) is 0 Å². The lowest BCUT2D eigenvalue weighted by Gasteiger charge is -2.30. The first-order valence-corrected chi connectivity index (χ1v) is 7.18. The smallest absolute Gasteiger partial charge is 0.328 e. The number of halogens is 1. The number of para-hydroxylation sites is 1. The van der Waals surface area contributed by atoms with Gasteiger partial charge in [-0.3, -0.25) is 0 Å². The van der Waals surface area contributed by atoms with Gasteiger partial charge >= 0.3 is 5.97 Å². The number of carbonyl (C=O) groups is 1. The van der Waals surface area contributed by atoms with Crippen molar-refractivity contribution in [1.82, 2.24) is 0 Å². The molecule has 5 heteroatoms. The highest BCUT2D eigenvalue weighted by molar-refractivity contribution is 9.10. The number of ether oxygens (including phenoxy) is 2. The van der Waals surface area contributed by atoms with E-state index in [0.717, 1.165) is 23.0 Å². The molecule has 1 N–H and O–H groups in total. The number of benzene rings is 1. The third-order valence-electron chi connectivity index (χ3n) is 3.38. The van der Waals surface area contributed by atoms with Crippen molar-refractivity contribution in [2.75, 3.05) is 25.6 Å². The fourth-order valence-electron chi connectivity index (χ4n) is 2.29. The van der Waals surface area contributed by atoms with Crippen LogP contribution in [-0.2, 0) is 14.3 Å². The summed E-state index contributed by atoms with van der Waals surface area (Å²) in [6.07, 6.45) is 1.74. The first-order valence-electron chi connectivity index (χ1n) is 6.39. The van der Waals surface area contributed by atoms with Gasteiger partial charge in [-0.2, -0.15) is 0 Å². The van der Waals surface area contributed by atoms with Crippen LogP contribution in [-0.4, -0.2) is 32.3 Å². The second-order valence-corrected chi connectivity index (χ2v) is 5.43. The molecule has 0 aromatic heterocycles. The zero-order chi connectivity index (χ0) is 13.7. The van der Waals surface area contributed by atoms with Crippen LogP contribution in [0.1, 0.15) is 12.8 Å². The third-order valence-corrected chi connectivity index (χ3v) is 4.07. The standard InChI is InChI=1S/C14H18BrNO3/c1-18-14(17)13(10-6-8-19-9-7-10)16-12-5-3-2-4-11(12)15/h2-5,10,13,16H,6-9H2,1H3. The van der Waals surface area contributed by atoms with Crippen LogP contribution in [0.15, 0.2) is 28.7 Å². The van der Waals surface area contributed by atoms with Crippen molar-refractivity contribution in [2.45, 2.75) is 18.9 Å². The Labute approximate surface area is 121 Å². The quantitative estimate of drug-likeness (QED) is 0.864. The van der Waals surface area contributed by atoms with Crippen LogP contribution in [0, 0.1) is 5.92 Å². The zero-order valence-electron chi connectivity index (χ0n) is 10.9. The van der Waals surface area contributed by atoms with Gasteiger partial charge < -0.3 is 14.8 Å². The predicted octanol–water partition coefficient (Wildman–Crippen LogP) is 2.83. The lowest BCUT2D eigenvalue weighted by molar-refractivity contribution is -0.143. The van der Waals surface area contributed by atoms with Crippen LogP contribution in [0.5, 0.6) is 0 Å². The van der Waals surface area contributed by atoms with Crippen molar-refractivity contribution in [3.63, 3.8) is 0 Å². The summed E-state index contributed by atoms with van der Waals surface area (Å²) in [4.78, 5) is 12.0. The Morgan fingerprint density at radius 1 is 1.42 bits per heavy atom. The highest BCUT2D eigenvalue weighted by atomic mass is 79.9. The number of carbonyl (C=O) groups excluding carboxylic acids is 1. The van der Waals surface area contributed by atoms with Gasteiger partial charge in [0, 0.05) is 23.4 Å². The first kappa shape index (κ1) is 14.3. The van der Waals surface area contributed by atoms with Crippen LogP contribution in [0.3, 0.4) is 0 Å². The van der Waals surface area contributed by atoms with E-state index in [1.54, 1.807) is 0 Å². The predicted molar refractivity (Wildman–Crippen MR) is 77.1 cm³/mol. The van der Waals surface area contributed by atoms with Gasteiger partial charge in [0.2, 0.25) is 0 Å². The van der Waals surface area contributed by atoms with E-state index >= 15 is 0 Å². The number of rotatable bonds is 4. The lowest BCUT2D eigenvalue weighted by Crippen LogP contribution is -2.40. The van der Waals surface area contributed by atoms with Crippen LogP contribution in [0.25, 0.3) is 0 Å². The molecular formula is C14H18BrNO3. The molecule has 19 heavy (non-hydrogen) atoms. The van der Waals surface area contributed by atoms with E-state index in [4.69, 9.17) is 9.47 Å². The average Bonchev–Trinajstić information content (AvgIpc) is 2.46. The lowest BCUT2D eigenvalue weighted by atomic mass is 9.91. The molecule has 1 aliphatic rings. The molecule has 1 fully saturated rings. The Morgan fingerprint density at radius 3 is 2.74 bits per heavy atom. The first-order chi connectivity index (χ1) is 9.22. The van der Waals surface area contributed by atoms with Gasteiger partial charge in [-0.15, -0.1) is 0 Å². The molecule has 1 aliphatic heterocycles. The summed E-state index contributed by atoms with van der Waals surface area (Å²) >= 11 is 3.48. The molecule has 1 saturated heterocycles. The Hall–Kier alpha value is -1.07. The zero-order valence-corrected chi connectivity index (χ0v) is 12.5. The van der Waals surface area contributed by atoms with Crippen molar-refractivity contribution < 1.29 is 14.3 Å². The second kappa shape index (κ2) is 6.91. The Bertz CT molecular complexity index is 432. The van der Waals surface area contributed by atoms with Gasteiger partial charge in [-0.25, -0.2) is 4.79 Å². The molecule has 0 aliphatic carbocycles. The van der Waals surface area contributed by atoms with Gasteiger partial charge in [0.15, 0.2) is 0 Å². The third kappa shape index (κ3) is 3.70. The van der Waals surface area contributed by atoms with Crippen molar-refractivity contribution in [3.05, 3.63) is 28.7 Å². The molecule has 1 aromatic rings. The second-order valence-electron chi connectivity index (χ2n) is 4.57. The molecule has 1 aromatic carbocycles. The average molecular weight is 328 g/mol. The van der Waals surface area contributed by atoms with Crippen LogP contribution >= 0.6 is 15.9 Å². The number of anilines is 1. The molecule has 0 saturated carbocycles. The number of hydrogen-bond donors (Lipinski definition) is 1. The molecule has 1 atom stereocenters. The van der Waals surface area contributed by atoms with Crippen molar-refractivity contribution in [2.24, 2.45) is 5.92 Å². The van der Waals surface area contributed by atoms with Crippen molar-refractivity contribution in [1.29, 1.82) is 0 Å². The van der Waals surface area contributed by atoms with Gasteiger partial charge in [0.25, 0.3) is 0 Å². The Kier molecular flexibility index (Phi) is 5.22. The fourth-order valence-corrected chi connectivity index (χ4v) is 2.69. The summed E-state index contributed by atoms with van der Waals surface area (Å²) in [5.41, 5.74) is 0.907. The molecule has 1 unspecified atom stereocenters. The Morgan fingerprint density at radius 2 is 2.11 bits per heavy atom. The number of methoxy groups -OCH3 is 1. The van der Waals surface area contributed by atoms with Crippen molar-refractivity contribution >= 4 is 27.6 Å². The minimum Gasteiger partial charge on any atom is -0.467 e. The van der Waals surface area contributed by atoms with Crippen molar-refractivity contribution in [3.8, 4) is 0 Å². The van der Waals surface area contributed by atoms with E-state index in [0.29, 0.717) is 13.2 Å². The van der Waals surface area contributed by atoms with Crippen LogP contribution < -0.4 is 5.32 Å². The summed E-state index contributed by atoms with van der Waals surface area (Å²) in [6.45, 7) is 1.41. The highest BCUT2D eigenvalue weighted by Gasteiger charge is 2.30. The minimum atomic E-state index is -0.326. The molecule has 0 radical (unpaired) electrons. The van der Waals surface area contributed by atoms with E-state index in [1.165, 1.54) is 7.11 Å². The number of esters is 1. The molecular weight excluding hydrogens is 310 g/mol. The van der Waals surface area contributed by atoms with Gasteiger partial charge in [-0.05, 0) is 46.8 Å². The van der Waals surface area contributed by atoms with E-state index in [-0.39, 0.29) is 17.9 Å². The maximum absolute atomic E-state index is 12.0. The monoisotopic (exact) mass is 327 g/mol. The highest BCUT2D eigenvalue weighted by Crippen LogP contribution is 2.27. The van der Waals surface area contributed by atoms with Gasteiger partial charge in [0.05, 0.1) is 7.11 Å². The molecule has 4 nitrogen and oxygen atoms in total. The number of nitrogens with one attached hydrogen (secondary N) is 1. The molecule has 0 spiro atoms. The summed E-state index contributed by atoms with van der Waals surface area (Å²) in [5.74, 6) is 0.0240. The van der Waals surface area contributed by atoms with Crippen LogP contribution in [0.4, 0.5) is 5.69 Å². The molecule has 0 amide bonds. The molecule has 1 heterocycles. The maximum Gasteiger partial charge on any atom is 0.328 e. The molecule has 2 rings (SSSR count). The van der Waals surface area contributed by atoms with E-state index in [2.05, 4.69) is 21.2 Å². The maximum atomic E-state index is 12.0. The summed E-state index contributed by atoms with van der Waals surface area (Å²) < 4.78 is 11.2.